The van der Waals surface area contributed by atoms with Crippen molar-refractivity contribution in [3.8, 4) is 23.3 Å². The van der Waals surface area contributed by atoms with Crippen molar-refractivity contribution in [3.63, 3.8) is 0 Å². The van der Waals surface area contributed by atoms with Crippen LogP contribution >= 0.6 is 11.6 Å². The van der Waals surface area contributed by atoms with Gasteiger partial charge in [0.05, 0.1) is 0 Å². The fourth-order valence-corrected chi connectivity index (χ4v) is 0.732. The van der Waals surface area contributed by atoms with Gasteiger partial charge < -0.3 is 25.3 Å². The quantitative estimate of drug-likeness (QED) is 0.488. The Bertz CT molecular complexity index is 333. The van der Waals surface area contributed by atoms with Gasteiger partial charge in [-0.25, -0.2) is 4.79 Å². The molecule has 0 atom stereocenters. The number of rotatable bonds is 1. The monoisotopic (exact) mass is 209 g/mol. The van der Waals surface area contributed by atoms with Crippen LogP contribution in [0, 0.1) is 0 Å². The van der Waals surface area contributed by atoms with E-state index in [9.17, 15) is 4.79 Å². The third-order valence-electron chi connectivity index (χ3n) is 1.20. The molecule has 0 amide bonds. The molecule has 0 aliphatic rings. The Balaban J connectivity index is 3.21. The number of hydrogen-bond donors (Lipinski definition) is 4. The highest BCUT2D eigenvalue weighted by molar-refractivity contribution is 6.61. The Morgan fingerprint density at radius 2 is 1.54 bits per heavy atom. The molecular formula is C5H4ClNO6. The molecule has 0 saturated heterocycles. The number of halogens is 1. The third kappa shape index (κ3) is 1.41. The second kappa shape index (κ2) is 2.94. The molecule has 72 valence electrons. The first-order chi connectivity index (χ1) is 5.95. The number of nitrogens with zero attached hydrogens (tertiary/aromatic N) is 1. The fraction of sp³-hybridized carbons (Fsp3) is 0. The topological polar surface area (TPSA) is 112 Å². The van der Waals surface area contributed by atoms with Crippen molar-refractivity contribution < 1.29 is 30.1 Å². The Morgan fingerprint density at radius 1 is 1.15 bits per heavy atom. The standard InChI is InChI=1S/C5H4ClNO6/c6-5(12)13-7-3(10)1(8)2(9)4(7)11/h8-11H. The molecule has 0 bridgehead atoms. The molecule has 0 spiro atoms. The third-order valence-corrected chi connectivity index (χ3v) is 1.26. The molecule has 1 aromatic rings. The average Bonchev–Trinajstić information content (AvgIpc) is 2.22. The molecule has 0 aliphatic heterocycles. The van der Waals surface area contributed by atoms with Crippen LogP contribution in [-0.4, -0.2) is 30.6 Å². The SMILES string of the molecule is O=C(Cl)On1c(O)c(O)c(O)c1O. The normalized spacial score (nSPS) is 9.92. The average molecular weight is 210 g/mol. The highest BCUT2D eigenvalue weighted by Crippen LogP contribution is 2.44. The van der Waals surface area contributed by atoms with Gasteiger partial charge >= 0.3 is 5.43 Å². The van der Waals surface area contributed by atoms with Crippen LogP contribution in [0.4, 0.5) is 4.79 Å². The number of carbonyl (C=O) groups excluding carboxylic acids is 1. The minimum absolute atomic E-state index is 0.0694. The zero-order valence-electron chi connectivity index (χ0n) is 5.93. The van der Waals surface area contributed by atoms with E-state index in [1.807, 2.05) is 0 Å². The summed E-state index contributed by atoms with van der Waals surface area (Å²) in [6.45, 7) is 0. The largest absolute Gasteiger partial charge is 0.500 e. The van der Waals surface area contributed by atoms with Gasteiger partial charge in [-0.05, 0) is 0 Å². The summed E-state index contributed by atoms with van der Waals surface area (Å²) in [6.07, 6.45) is 0. The maximum absolute atomic E-state index is 10.2. The van der Waals surface area contributed by atoms with Crippen LogP contribution in [0.2, 0.25) is 0 Å². The van der Waals surface area contributed by atoms with Gasteiger partial charge in [-0.2, -0.15) is 0 Å². The molecule has 13 heavy (non-hydrogen) atoms. The van der Waals surface area contributed by atoms with Crippen LogP contribution in [0.5, 0.6) is 23.3 Å². The van der Waals surface area contributed by atoms with Crippen molar-refractivity contribution in [2.75, 3.05) is 0 Å². The van der Waals surface area contributed by atoms with Gasteiger partial charge in [-0.15, -0.1) is 0 Å². The number of carbonyl (C=O) groups is 1. The zero-order valence-corrected chi connectivity index (χ0v) is 6.69. The molecule has 1 aromatic heterocycles. The van der Waals surface area contributed by atoms with Crippen LogP contribution in [0.15, 0.2) is 0 Å². The minimum atomic E-state index is -1.36. The van der Waals surface area contributed by atoms with Crippen LogP contribution in [0.25, 0.3) is 0 Å². The molecule has 0 saturated carbocycles. The number of aromatic nitrogens is 1. The number of hydrogen-bond acceptors (Lipinski definition) is 6. The molecule has 0 fully saturated rings. The van der Waals surface area contributed by atoms with Gasteiger partial charge in [0.15, 0.2) is 0 Å². The van der Waals surface area contributed by atoms with Gasteiger partial charge in [-0.1, -0.05) is 4.73 Å². The lowest BCUT2D eigenvalue weighted by atomic mass is 10.5. The lowest BCUT2D eigenvalue weighted by molar-refractivity contribution is 0.127. The van der Waals surface area contributed by atoms with Crippen molar-refractivity contribution in [3.05, 3.63) is 0 Å². The second-order valence-electron chi connectivity index (χ2n) is 1.97. The summed E-state index contributed by atoms with van der Waals surface area (Å²) in [5.41, 5.74) is -1.36. The zero-order chi connectivity index (χ0) is 10.2. The van der Waals surface area contributed by atoms with E-state index < -0.39 is 28.7 Å². The lowest BCUT2D eigenvalue weighted by Crippen LogP contribution is -2.12. The fourth-order valence-electron chi connectivity index (χ4n) is 0.663. The lowest BCUT2D eigenvalue weighted by Gasteiger charge is -2.01. The van der Waals surface area contributed by atoms with E-state index >= 15 is 0 Å². The minimum Gasteiger partial charge on any atom is -0.500 e. The number of aromatic hydroxyl groups is 4. The first kappa shape index (κ1) is 9.33. The van der Waals surface area contributed by atoms with Crippen molar-refractivity contribution in [1.82, 2.24) is 4.73 Å². The van der Waals surface area contributed by atoms with Crippen LogP contribution in [0.1, 0.15) is 0 Å². The predicted octanol–water partition coefficient (Wildman–Crippen LogP) is 0.0979. The molecule has 0 aliphatic carbocycles. The van der Waals surface area contributed by atoms with Gasteiger partial charge in [0.1, 0.15) is 0 Å². The maximum Gasteiger partial charge on any atom is 0.428 e. The summed E-state index contributed by atoms with van der Waals surface area (Å²) in [5.74, 6) is -4.11. The van der Waals surface area contributed by atoms with Crippen LogP contribution in [-0.2, 0) is 0 Å². The van der Waals surface area contributed by atoms with E-state index in [1.54, 1.807) is 0 Å². The summed E-state index contributed by atoms with van der Waals surface area (Å²) < 4.78 is 0.0694. The van der Waals surface area contributed by atoms with Crippen LogP contribution < -0.4 is 4.84 Å². The van der Waals surface area contributed by atoms with Gasteiger partial charge in [0.25, 0.3) is 11.8 Å². The predicted molar refractivity (Wildman–Crippen MR) is 38.9 cm³/mol. The van der Waals surface area contributed by atoms with E-state index in [0.29, 0.717) is 0 Å². The second-order valence-corrected chi connectivity index (χ2v) is 2.28. The van der Waals surface area contributed by atoms with Gasteiger partial charge in [0, 0.05) is 11.6 Å². The summed E-state index contributed by atoms with van der Waals surface area (Å²) in [6, 6.07) is 0. The molecule has 0 aromatic carbocycles. The molecule has 1 heterocycles. The Labute approximate surface area is 75.9 Å². The smallest absolute Gasteiger partial charge is 0.428 e. The Hall–Kier alpha value is -1.76. The molecule has 0 unspecified atom stereocenters. The Morgan fingerprint density at radius 3 is 1.85 bits per heavy atom. The first-order valence-corrected chi connectivity index (χ1v) is 3.25. The highest BCUT2D eigenvalue weighted by atomic mass is 35.5. The molecule has 0 radical (unpaired) electrons. The molecule has 1 rings (SSSR count). The molecule has 7 nitrogen and oxygen atoms in total. The van der Waals surface area contributed by atoms with Crippen molar-refractivity contribution in [2.24, 2.45) is 0 Å². The van der Waals surface area contributed by atoms with Gasteiger partial charge in [0.2, 0.25) is 11.5 Å². The maximum atomic E-state index is 10.2. The van der Waals surface area contributed by atoms with E-state index in [-0.39, 0.29) is 4.73 Å². The Kier molecular flexibility index (Phi) is 2.11. The van der Waals surface area contributed by atoms with E-state index in [4.69, 9.17) is 32.0 Å². The summed E-state index contributed by atoms with van der Waals surface area (Å²) >= 11 is 4.75. The van der Waals surface area contributed by atoms with Crippen molar-refractivity contribution in [1.29, 1.82) is 0 Å². The molecular weight excluding hydrogens is 206 g/mol. The molecule has 8 heteroatoms. The van der Waals surface area contributed by atoms with E-state index in [2.05, 4.69) is 4.84 Å². The van der Waals surface area contributed by atoms with Crippen molar-refractivity contribution in [2.45, 2.75) is 0 Å². The summed E-state index contributed by atoms with van der Waals surface area (Å²) in [7, 11) is 0. The highest BCUT2D eigenvalue weighted by Gasteiger charge is 2.24. The molecule has 4 N–H and O–H groups in total. The summed E-state index contributed by atoms with van der Waals surface area (Å²) in [4.78, 5) is 14.2. The summed E-state index contributed by atoms with van der Waals surface area (Å²) in [5, 5.41) is 35.4. The van der Waals surface area contributed by atoms with Crippen LogP contribution in [0.3, 0.4) is 0 Å². The first-order valence-electron chi connectivity index (χ1n) is 2.87. The van der Waals surface area contributed by atoms with E-state index in [1.165, 1.54) is 0 Å². The van der Waals surface area contributed by atoms with Gasteiger partial charge in [-0.3, -0.25) is 0 Å². The van der Waals surface area contributed by atoms with Crippen molar-refractivity contribution >= 4 is 17.0 Å². The van der Waals surface area contributed by atoms with E-state index in [0.717, 1.165) is 0 Å².